The summed E-state index contributed by atoms with van der Waals surface area (Å²) in [5, 5.41) is 8.12. The lowest BCUT2D eigenvalue weighted by Gasteiger charge is -2.10. The molecule has 4 rings (SSSR count). The summed E-state index contributed by atoms with van der Waals surface area (Å²) in [5.74, 6) is -2.88. The normalized spacial score (nSPS) is 18.8. The van der Waals surface area contributed by atoms with E-state index in [1.54, 1.807) is 16.8 Å². The van der Waals surface area contributed by atoms with Crippen molar-refractivity contribution in [3.63, 3.8) is 0 Å². The Morgan fingerprint density at radius 2 is 2.03 bits per heavy atom. The van der Waals surface area contributed by atoms with E-state index in [0.717, 1.165) is 17.0 Å². The first kappa shape index (κ1) is 19.2. The highest BCUT2D eigenvalue weighted by atomic mass is 19.4. The van der Waals surface area contributed by atoms with Gasteiger partial charge >= 0.3 is 6.18 Å². The third-order valence-electron chi connectivity index (χ3n) is 5.31. The number of pyridine rings is 2. The van der Waals surface area contributed by atoms with Gasteiger partial charge in [0.2, 0.25) is 5.91 Å². The van der Waals surface area contributed by atoms with Crippen LogP contribution in [0.2, 0.25) is 0 Å². The molecule has 1 fully saturated rings. The summed E-state index contributed by atoms with van der Waals surface area (Å²) in [5.41, 5.74) is 9.28. The highest BCUT2D eigenvalue weighted by Crippen LogP contribution is 2.50. The Hall–Kier alpha value is -3.17. The van der Waals surface area contributed by atoms with Gasteiger partial charge < -0.3 is 11.1 Å². The number of rotatable bonds is 3. The number of carbonyl (C=O) groups is 1. The van der Waals surface area contributed by atoms with Crippen LogP contribution in [0.5, 0.6) is 0 Å². The zero-order chi connectivity index (χ0) is 21.1. The van der Waals surface area contributed by atoms with Crippen molar-refractivity contribution in [1.29, 1.82) is 0 Å². The summed E-state index contributed by atoms with van der Waals surface area (Å²) >= 11 is 0. The van der Waals surface area contributed by atoms with Crippen molar-refractivity contribution in [3.05, 3.63) is 29.7 Å². The third-order valence-corrected chi connectivity index (χ3v) is 5.31. The number of halogens is 3. The molecule has 1 unspecified atom stereocenters. The van der Waals surface area contributed by atoms with Crippen molar-refractivity contribution >= 4 is 28.3 Å². The molecule has 29 heavy (non-hydrogen) atoms. The van der Waals surface area contributed by atoms with Crippen LogP contribution in [0.1, 0.15) is 17.8 Å². The monoisotopic (exact) mass is 404 g/mol. The minimum absolute atomic E-state index is 0.173. The fraction of sp³-hybridized carbons (Fsp3) is 0.368. The van der Waals surface area contributed by atoms with Crippen molar-refractivity contribution < 1.29 is 18.0 Å². The summed E-state index contributed by atoms with van der Waals surface area (Å²) in [4.78, 5) is 20.7. The molecule has 1 saturated carbocycles. The molecule has 1 aliphatic rings. The van der Waals surface area contributed by atoms with E-state index in [-0.39, 0.29) is 18.1 Å². The highest BCUT2D eigenvalue weighted by molar-refractivity contribution is 5.98. The first-order chi connectivity index (χ1) is 13.6. The minimum atomic E-state index is -4.35. The molecule has 3 aromatic heterocycles. The number of alkyl halides is 3. The van der Waals surface area contributed by atoms with Crippen LogP contribution in [0.25, 0.3) is 22.0 Å². The number of aryl methyl sites for hydroxylation is 2. The molecular formula is C19H19F3N6O. The Balaban J connectivity index is 1.66. The number of hydrogen-bond acceptors (Lipinski definition) is 5. The Kier molecular flexibility index (Phi) is 4.25. The molecule has 0 aromatic carbocycles. The van der Waals surface area contributed by atoms with Crippen LogP contribution >= 0.6 is 0 Å². The van der Waals surface area contributed by atoms with Gasteiger partial charge in [-0.2, -0.15) is 18.3 Å². The number of hydrogen-bond donors (Lipinski definition) is 2. The molecule has 10 heteroatoms. The molecule has 3 aromatic rings. The van der Waals surface area contributed by atoms with Gasteiger partial charge in [0.1, 0.15) is 11.6 Å². The Morgan fingerprint density at radius 1 is 1.31 bits per heavy atom. The number of fused-ring (bicyclic) bond motifs is 1. The van der Waals surface area contributed by atoms with Crippen molar-refractivity contribution in [1.82, 2.24) is 19.7 Å². The largest absolute Gasteiger partial charge is 0.392 e. The van der Waals surface area contributed by atoms with Gasteiger partial charge in [0.15, 0.2) is 0 Å². The highest BCUT2D eigenvalue weighted by Gasteiger charge is 2.58. The Bertz CT molecular complexity index is 1140. The SMILES string of the molecule is Cc1nn(C)c(C)c1-c1cc2cc(NC(=O)[C@H]3CC3C(F)(F)F)ncc2c(N)n1. The van der Waals surface area contributed by atoms with Crippen LogP contribution in [0, 0.1) is 25.7 Å². The van der Waals surface area contributed by atoms with Crippen molar-refractivity contribution in [2.75, 3.05) is 11.1 Å². The molecule has 3 N–H and O–H groups in total. The molecule has 0 aliphatic heterocycles. The van der Waals surface area contributed by atoms with E-state index in [1.165, 1.54) is 6.20 Å². The zero-order valence-electron chi connectivity index (χ0n) is 16.0. The molecule has 3 heterocycles. The lowest BCUT2D eigenvalue weighted by Crippen LogP contribution is -2.20. The number of nitrogen functional groups attached to an aromatic ring is 1. The van der Waals surface area contributed by atoms with Crippen LogP contribution in [0.15, 0.2) is 18.3 Å². The second kappa shape index (κ2) is 6.43. The first-order valence-corrected chi connectivity index (χ1v) is 9.00. The maximum atomic E-state index is 12.7. The first-order valence-electron chi connectivity index (χ1n) is 9.00. The van der Waals surface area contributed by atoms with E-state index < -0.39 is 23.9 Å². The van der Waals surface area contributed by atoms with Gasteiger partial charge in [0.25, 0.3) is 0 Å². The number of nitrogens with two attached hydrogens (primary N) is 1. The van der Waals surface area contributed by atoms with Gasteiger partial charge in [-0.1, -0.05) is 0 Å². The van der Waals surface area contributed by atoms with Gasteiger partial charge in [0.05, 0.1) is 23.2 Å². The van der Waals surface area contributed by atoms with Gasteiger partial charge in [-0.15, -0.1) is 0 Å². The fourth-order valence-corrected chi connectivity index (χ4v) is 3.58. The maximum absolute atomic E-state index is 12.7. The Labute approximate surface area is 164 Å². The average molecular weight is 404 g/mol. The van der Waals surface area contributed by atoms with E-state index in [9.17, 15) is 18.0 Å². The molecule has 152 valence electrons. The molecule has 0 radical (unpaired) electrons. The van der Waals surface area contributed by atoms with Crippen LogP contribution in [0.3, 0.4) is 0 Å². The van der Waals surface area contributed by atoms with E-state index >= 15 is 0 Å². The molecular weight excluding hydrogens is 385 g/mol. The van der Waals surface area contributed by atoms with Crippen LogP contribution in [-0.4, -0.2) is 31.8 Å². The number of aromatic nitrogens is 4. The van der Waals surface area contributed by atoms with Crippen LogP contribution in [-0.2, 0) is 11.8 Å². The maximum Gasteiger partial charge on any atom is 0.392 e. The molecule has 0 saturated heterocycles. The summed E-state index contributed by atoms with van der Waals surface area (Å²) in [6.07, 6.45) is -3.09. The van der Waals surface area contributed by atoms with Crippen LogP contribution in [0.4, 0.5) is 24.8 Å². The van der Waals surface area contributed by atoms with Gasteiger partial charge in [-0.25, -0.2) is 9.97 Å². The molecule has 0 bridgehead atoms. The molecule has 2 atom stereocenters. The van der Waals surface area contributed by atoms with E-state index in [4.69, 9.17) is 5.73 Å². The van der Waals surface area contributed by atoms with Gasteiger partial charge in [0, 0.05) is 29.9 Å². The summed E-state index contributed by atoms with van der Waals surface area (Å²) in [6, 6.07) is 3.39. The predicted molar refractivity (Wildman–Crippen MR) is 102 cm³/mol. The lowest BCUT2D eigenvalue weighted by atomic mass is 10.1. The summed E-state index contributed by atoms with van der Waals surface area (Å²) in [7, 11) is 1.83. The van der Waals surface area contributed by atoms with Crippen molar-refractivity contribution in [2.24, 2.45) is 18.9 Å². The standard InChI is InChI=1S/C19H19F3N6O/c1-8-16(9(2)28(3)27-8)14-4-10-5-15(24-7-12(10)17(23)25-14)26-18(29)11-6-13(11)19(20,21)22/h4-5,7,11,13H,6H2,1-3H3,(H2,23,25)(H,24,26,29)/t11-,13?/m0/s1. The van der Waals surface area contributed by atoms with E-state index in [0.29, 0.717) is 16.5 Å². The number of nitrogens with one attached hydrogen (secondary N) is 1. The molecule has 1 aliphatic carbocycles. The second-order valence-corrected chi connectivity index (χ2v) is 7.33. The fourth-order valence-electron chi connectivity index (χ4n) is 3.58. The molecule has 1 amide bonds. The molecule has 7 nitrogen and oxygen atoms in total. The van der Waals surface area contributed by atoms with Gasteiger partial charge in [-0.3, -0.25) is 9.48 Å². The third kappa shape index (κ3) is 3.39. The topological polar surface area (TPSA) is 98.7 Å². The Morgan fingerprint density at radius 3 is 2.62 bits per heavy atom. The van der Waals surface area contributed by atoms with Crippen molar-refractivity contribution in [3.8, 4) is 11.3 Å². The quantitative estimate of drug-likeness (QED) is 0.697. The second-order valence-electron chi connectivity index (χ2n) is 7.33. The smallest absolute Gasteiger partial charge is 0.383 e. The van der Waals surface area contributed by atoms with Crippen LogP contribution < -0.4 is 11.1 Å². The number of carbonyl (C=O) groups excluding carboxylic acids is 1. The number of anilines is 2. The average Bonchev–Trinajstić information content (AvgIpc) is 3.38. The predicted octanol–water partition coefficient (Wildman–Crippen LogP) is 3.37. The van der Waals surface area contributed by atoms with E-state index in [1.807, 2.05) is 20.9 Å². The summed E-state index contributed by atoms with van der Waals surface area (Å²) < 4.78 is 39.8. The summed E-state index contributed by atoms with van der Waals surface area (Å²) in [6.45, 7) is 3.79. The van der Waals surface area contributed by atoms with Crippen molar-refractivity contribution in [2.45, 2.75) is 26.4 Å². The zero-order valence-corrected chi connectivity index (χ0v) is 16.0. The number of amides is 1. The lowest BCUT2D eigenvalue weighted by molar-refractivity contribution is -0.153. The minimum Gasteiger partial charge on any atom is -0.383 e. The van der Waals surface area contributed by atoms with Gasteiger partial charge in [-0.05, 0) is 37.8 Å². The molecule has 0 spiro atoms. The van der Waals surface area contributed by atoms with E-state index in [2.05, 4.69) is 20.4 Å². The number of nitrogens with zero attached hydrogens (tertiary/aromatic N) is 4.